The third kappa shape index (κ3) is 2.92. The molecule has 1 fully saturated rings. The van der Waals surface area contributed by atoms with Gasteiger partial charge in [0.25, 0.3) is 0 Å². The van der Waals surface area contributed by atoms with Crippen LogP contribution in [0.4, 0.5) is 11.5 Å². The SMILES string of the molecule is CC1CCc2ncnc(N(C)c3ccccc3C3CNC(CO)C3)c21. The minimum atomic E-state index is 0.200. The van der Waals surface area contributed by atoms with E-state index in [1.54, 1.807) is 6.33 Å². The van der Waals surface area contributed by atoms with E-state index in [0.717, 1.165) is 31.6 Å². The maximum Gasteiger partial charge on any atom is 0.139 e. The molecule has 0 bridgehead atoms. The van der Waals surface area contributed by atoms with Crippen molar-refractivity contribution in [3.63, 3.8) is 0 Å². The number of aryl methyl sites for hydroxylation is 1. The summed E-state index contributed by atoms with van der Waals surface area (Å²) in [6, 6.07) is 8.78. The van der Waals surface area contributed by atoms with Crippen LogP contribution in [0, 0.1) is 0 Å². The molecule has 1 aromatic heterocycles. The summed E-state index contributed by atoms with van der Waals surface area (Å²) in [4.78, 5) is 11.4. The zero-order valence-electron chi connectivity index (χ0n) is 14.9. The van der Waals surface area contributed by atoms with E-state index < -0.39 is 0 Å². The maximum atomic E-state index is 9.43. The number of anilines is 2. The average Bonchev–Trinajstić information content (AvgIpc) is 3.28. The summed E-state index contributed by atoms with van der Waals surface area (Å²) in [5, 5.41) is 12.8. The van der Waals surface area contributed by atoms with Gasteiger partial charge in [0.05, 0.1) is 6.61 Å². The molecule has 1 aromatic carbocycles. The molecule has 1 aliphatic heterocycles. The van der Waals surface area contributed by atoms with E-state index >= 15 is 0 Å². The molecule has 0 spiro atoms. The quantitative estimate of drug-likeness (QED) is 0.898. The third-order valence-electron chi connectivity index (χ3n) is 5.75. The van der Waals surface area contributed by atoms with Crippen LogP contribution in [0.3, 0.4) is 0 Å². The molecule has 5 heteroatoms. The van der Waals surface area contributed by atoms with Crippen LogP contribution in [-0.4, -0.2) is 41.3 Å². The van der Waals surface area contributed by atoms with Gasteiger partial charge in [0.1, 0.15) is 12.1 Å². The van der Waals surface area contributed by atoms with Crippen LogP contribution in [0.25, 0.3) is 0 Å². The van der Waals surface area contributed by atoms with Gasteiger partial charge in [-0.2, -0.15) is 0 Å². The van der Waals surface area contributed by atoms with Crippen molar-refractivity contribution in [2.45, 2.75) is 44.1 Å². The lowest BCUT2D eigenvalue weighted by atomic mass is 9.94. The first-order valence-corrected chi connectivity index (χ1v) is 9.19. The Morgan fingerprint density at radius 2 is 2.12 bits per heavy atom. The second kappa shape index (κ2) is 6.73. The lowest BCUT2D eigenvalue weighted by Crippen LogP contribution is -2.24. The molecule has 3 unspecified atom stereocenters. The molecule has 0 saturated carbocycles. The smallest absolute Gasteiger partial charge is 0.139 e. The second-order valence-corrected chi connectivity index (χ2v) is 7.34. The zero-order chi connectivity index (χ0) is 17.4. The predicted molar refractivity (Wildman–Crippen MR) is 99.5 cm³/mol. The molecule has 2 aromatic rings. The van der Waals surface area contributed by atoms with Crippen LogP contribution in [0.1, 0.15) is 48.4 Å². The van der Waals surface area contributed by atoms with Crippen LogP contribution in [-0.2, 0) is 6.42 Å². The monoisotopic (exact) mass is 338 g/mol. The van der Waals surface area contributed by atoms with Crippen LogP contribution in [0.2, 0.25) is 0 Å². The van der Waals surface area contributed by atoms with Gasteiger partial charge in [-0.05, 0) is 42.7 Å². The minimum Gasteiger partial charge on any atom is -0.395 e. The molecule has 1 aliphatic carbocycles. The second-order valence-electron chi connectivity index (χ2n) is 7.34. The first-order valence-electron chi connectivity index (χ1n) is 9.19. The Hall–Kier alpha value is -1.98. The number of aliphatic hydroxyl groups is 1. The summed E-state index contributed by atoms with van der Waals surface area (Å²) in [6.07, 6.45) is 4.87. The Balaban J connectivity index is 1.71. The van der Waals surface area contributed by atoms with Crippen molar-refractivity contribution in [1.29, 1.82) is 0 Å². The van der Waals surface area contributed by atoms with E-state index in [1.165, 1.54) is 22.5 Å². The number of nitrogens with one attached hydrogen (secondary N) is 1. The fraction of sp³-hybridized carbons (Fsp3) is 0.500. The average molecular weight is 338 g/mol. The third-order valence-corrected chi connectivity index (χ3v) is 5.75. The number of rotatable bonds is 4. The molecule has 2 N–H and O–H groups in total. The number of aliphatic hydroxyl groups excluding tert-OH is 1. The van der Waals surface area contributed by atoms with Crippen LogP contribution in [0.15, 0.2) is 30.6 Å². The number of para-hydroxylation sites is 1. The first kappa shape index (κ1) is 16.5. The van der Waals surface area contributed by atoms with Crippen molar-refractivity contribution in [3.05, 3.63) is 47.4 Å². The van der Waals surface area contributed by atoms with E-state index in [4.69, 9.17) is 0 Å². The summed E-state index contributed by atoms with van der Waals surface area (Å²) >= 11 is 0. The van der Waals surface area contributed by atoms with Gasteiger partial charge >= 0.3 is 0 Å². The summed E-state index contributed by atoms with van der Waals surface area (Å²) in [5.41, 5.74) is 5.03. The lowest BCUT2D eigenvalue weighted by molar-refractivity contribution is 0.254. The fourth-order valence-electron chi connectivity index (χ4n) is 4.34. The van der Waals surface area contributed by atoms with Crippen LogP contribution < -0.4 is 10.2 Å². The molecule has 2 heterocycles. The number of hydrogen-bond donors (Lipinski definition) is 2. The van der Waals surface area contributed by atoms with Crippen molar-refractivity contribution >= 4 is 11.5 Å². The topological polar surface area (TPSA) is 61.3 Å². The Morgan fingerprint density at radius 1 is 1.28 bits per heavy atom. The number of hydrogen-bond acceptors (Lipinski definition) is 5. The van der Waals surface area contributed by atoms with Gasteiger partial charge < -0.3 is 15.3 Å². The minimum absolute atomic E-state index is 0.200. The Labute approximate surface area is 149 Å². The predicted octanol–water partition coefficient (Wildman–Crippen LogP) is 2.73. The molecule has 3 atom stereocenters. The van der Waals surface area contributed by atoms with E-state index in [9.17, 15) is 5.11 Å². The van der Waals surface area contributed by atoms with Gasteiger partial charge in [-0.25, -0.2) is 9.97 Å². The molecule has 4 rings (SSSR count). The summed E-state index contributed by atoms with van der Waals surface area (Å²) < 4.78 is 0. The van der Waals surface area contributed by atoms with Crippen molar-refractivity contribution in [1.82, 2.24) is 15.3 Å². The van der Waals surface area contributed by atoms with E-state index in [0.29, 0.717) is 11.8 Å². The Kier molecular flexibility index (Phi) is 4.44. The van der Waals surface area contributed by atoms with Crippen molar-refractivity contribution in [2.24, 2.45) is 0 Å². The summed E-state index contributed by atoms with van der Waals surface area (Å²) in [5.74, 6) is 1.96. The van der Waals surface area contributed by atoms with Crippen LogP contribution in [0.5, 0.6) is 0 Å². The number of fused-ring (bicyclic) bond motifs is 1. The maximum absolute atomic E-state index is 9.43. The lowest BCUT2D eigenvalue weighted by Gasteiger charge is -2.26. The number of benzene rings is 1. The molecule has 25 heavy (non-hydrogen) atoms. The summed E-state index contributed by atoms with van der Waals surface area (Å²) in [7, 11) is 2.11. The molecule has 5 nitrogen and oxygen atoms in total. The molecule has 0 amide bonds. The van der Waals surface area contributed by atoms with Gasteiger partial charge in [-0.3, -0.25) is 0 Å². The highest BCUT2D eigenvalue weighted by atomic mass is 16.3. The molecule has 0 radical (unpaired) electrons. The highest BCUT2D eigenvalue weighted by Gasteiger charge is 2.30. The van der Waals surface area contributed by atoms with Crippen molar-refractivity contribution in [2.75, 3.05) is 25.1 Å². The molecular weight excluding hydrogens is 312 g/mol. The molecule has 2 aliphatic rings. The van der Waals surface area contributed by atoms with Gasteiger partial charge in [-0.1, -0.05) is 25.1 Å². The highest BCUT2D eigenvalue weighted by molar-refractivity contribution is 5.67. The Morgan fingerprint density at radius 3 is 2.92 bits per heavy atom. The standard InChI is InChI=1S/C20H26N4O/c1-13-7-8-17-19(13)20(23-12-22-17)24(2)18-6-4-3-5-16(18)14-9-15(11-25)21-10-14/h3-6,12-15,21,25H,7-11H2,1-2H3. The van der Waals surface area contributed by atoms with Gasteiger partial charge in [-0.15, -0.1) is 0 Å². The van der Waals surface area contributed by atoms with Crippen LogP contribution >= 0.6 is 0 Å². The van der Waals surface area contributed by atoms with Crippen molar-refractivity contribution < 1.29 is 5.11 Å². The fourth-order valence-corrected chi connectivity index (χ4v) is 4.34. The Bertz CT molecular complexity index is 763. The van der Waals surface area contributed by atoms with E-state index in [2.05, 4.69) is 58.4 Å². The molecule has 132 valence electrons. The van der Waals surface area contributed by atoms with Gasteiger partial charge in [0.15, 0.2) is 0 Å². The summed E-state index contributed by atoms with van der Waals surface area (Å²) in [6.45, 7) is 3.38. The first-order chi connectivity index (χ1) is 12.2. The van der Waals surface area contributed by atoms with E-state index in [1.807, 2.05) is 0 Å². The largest absolute Gasteiger partial charge is 0.395 e. The van der Waals surface area contributed by atoms with Gasteiger partial charge in [0, 0.05) is 36.6 Å². The highest BCUT2D eigenvalue weighted by Crippen LogP contribution is 2.41. The number of nitrogens with zero attached hydrogens (tertiary/aromatic N) is 3. The molecular formula is C20H26N4O. The van der Waals surface area contributed by atoms with Gasteiger partial charge in [0.2, 0.25) is 0 Å². The normalized spacial score (nSPS) is 25.2. The molecule has 1 saturated heterocycles. The van der Waals surface area contributed by atoms with E-state index in [-0.39, 0.29) is 12.6 Å². The van der Waals surface area contributed by atoms with Crippen molar-refractivity contribution in [3.8, 4) is 0 Å². The number of aromatic nitrogens is 2. The zero-order valence-corrected chi connectivity index (χ0v) is 14.9.